The van der Waals surface area contributed by atoms with Crippen molar-refractivity contribution < 1.29 is 19.7 Å². The molecule has 5 aromatic rings. The fourth-order valence-corrected chi connectivity index (χ4v) is 5.26. The van der Waals surface area contributed by atoms with E-state index in [-0.39, 0.29) is 23.8 Å². The number of aliphatic imine (C=N–C) groups is 1. The van der Waals surface area contributed by atoms with E-state index in [1.54, 1.807) is 19.2 Å². The van der Waals surface area contributed by atoms with Gasteiger partial charge >= 0.3 is 0 Å². The van der Waals surface area contributed by atoms with Crippen molar-refractivity contribution in [3.8, 4) is 22.9 Å². The lowest BCUT2D eigenvalue weighted by Crippen LogP contribution is -2.27. The van der Waals surface area contributed by atoms with Crippen molar-refractivity contribution in [2.45, 2.75) is 25.8 Å². The monoisotopic (exact) mass is 570 g/mol. The lowest BCUT2D eigenvalue weighted by Gasteiger charge is -2.14. The molecule has 41 heavy (non-hydrogen) atoms. The van der Waals surface area contributed by atoms with Gasteiger partial charge in [0.2, 0.25) is 5.91 Å². The van der Waals surface area contributed by atoms with Crippen LogP contribution < -0.4 is 10.1 Å². The van der Waals surface area contributed by atoms with Crippen LogP contribution in [0.25, 0.3) is 16.6 Å². The number of nitrogens with one attached hydrogen (secondary N) is 2. The molecule has 3 heterocycles. The number of amides is 1. The second kappa shape index (κ2) is 10.6. The zero-order valence-corrected chi connectivity index (χ0v) is 23.1. The minimum absolute atomic E-state index is 0.0573. The lowest BCUT2D eigenvalue weighted by molar-refractivity contribution is -0.121. The van der Waals surface area contributed by atoms with Gasteiger partial charge in [-0.3, -0.25) is 14.4 Å². The number of fused-ring (bicyclic) bond motifs is 4. The number of methoxy groups -OCH3 is 1. The summed E-state index contributed by atoms with van der Waals surface area (Å²) in [6.45, 7) is 2.23. The predicted molar refractivity (Wildman–Crippen MR) is 155 cm³/mol. The number of hydrogen-bond acceptors (Lipinski definition) is 7. The average Bonchev–Trinajstić information content (AvgIpc) is 3.53. The summed E-state index contributed by atoms with van der Waals surface area (Å²) >= 11 is 6.17. The van der Waals surface area contributed by atoms with Gasteiger partial charge in [0.25, 0.3) is 0 Å². The van der Waals surface area contributed by atoms with E-state index in [4.69, 9.17) is 21.3 Å². The number of H-pyrrole nitrogens is 1. The zero-order chi connectivity index (χ0) is 28.7. The Hall–Kier alpha value is -4.83. The highest BCUT2D eigenvalue weighted by Crippen LogP contribution is 2.35. The summed E-state index contributed by atoms with van der Waals surface area (Å²) in [5.74, 6) is 1.38. The van der Waals surface area contributed by atoms with Crippen molar-refractivity contribution in [2.75, 3.05) is 13.7 Å². The minimum Gasteiger partial charge on any atom is -0.504 e. The predicted octanol–water partition coefficient (Wildman–Crippen LogP) is 4.77. The zero-order valence-electron chi connectivity index (χ0n) is 22.3. The Labute approximate surface area is 240 Å². The Morgan fingerprint density at radius 3 is 2.68 bits per heavy atom. The quantitative estimate of drug-likeness (QED) is 0.208. The van der Waals surface area contributed by atoms with Gasteiger partial charge in [-0.05, 0) is 55.5 Å². The molecule has 10 nitrogen and oxygen atoms in total. The molecule has 0 radical (unpaired) electrons. The number of carbonyl (C=O) groups is 1. The molecule has 1 atom stereocenters. The van der Waals surface area contributed by atoms with Crippen LogP contribution in [0.2, 0.25) is 5.02 Å². The highest BCUT2D eigenvalue weighted by molar-refractivity contribution is 6.30. The van der Waals surface area contributed by atoms with Gasteiger partial charge in [0.15, 0.2) is 17.3 Å². The van der Waals surface area contributed by atoms with Gasteiger partial charge in [0.1, 0.15) is 17.6 Å². The number of hydrogen-bond donors (Lipinski definition) is 4. The number of nitrogens with zero attached hydrogens (tertiary/aromatic N) is 4. The number of aromatic hydroxyl groups is 2. The SMILES string of the molecule is COc1ccc2c(c1)C(c1ccc(Cl)cc1)=NC(CC(=O)NCCc1cc3c(O)c(O)ccc3[nH]1)c1nnc(C)n1-2. The van der Waals surface area contributed by atoms with Crippen LogP contribution in [0.15, 0.2) is 65.7 Å². The van der Waals surface area contributed by atoms with Gasteiger partial charge in [-0.15, -0.1) is 10.2 Å². The number of ether oxygens (including phenoxy) is 1. The van der Waals surface area contributed by atoms with Crippen molar-refractivity contribution in [1.29, 1.82) is 0 Å². The molecule has 6 rings (SSSR count). The van der Waals surface area contributed by atoms with Crippen LogP contribution in [0.1, 0.15) is 40.9 Å². The Balaban J connectivity index is 1.28. The Morgan fingerprint density at radius 1 is 1.10 bits per heavy atom. The maximum absolute atomic E-state index is 13.2. The molecule has 208 valence electrons. The van der Waals surface area contributed by atoms with Crippen molar-refractivity contribution in [3.63, 3.8) is 0 Å². The molecule has 0 bridgehead atoms. The molecule has 0 saturated carbocycles. The van der Waals surface area contributed by atoms with Crippen molar-refractivity contribution in [3.05, 3.63) is 94.2 Å². The lowest BCUT2D eigenvalue weighted by atomic mass is 10.00. The van der Waals surface area contributed by atoms with Crippen LogP contribution >= 0.6 is 11.6 Å². The number of phenols is 2. The fraction of sp³-hybridized carbons (Fsp3) is 0.200. The molecular formula is C30H27ClN6O4. The first-order chi connectivity index (χ1) is 19.8. The summed E-state index contributed by atoms with van der Waals surface area (Å²) in [6.07, 6.45) is 0.562. The summed E-state index contributed by atoms with van der Waals surface area (Å²) in [5, 5.41) is 32.7. The molecule has 0 saturated heterocycles. The van der Waals surface area contributed by atoms with E-state index in [0.717, 1.165) is 22.5 Å². The van der Waals surface area contributed by atoms with Crippen molar-refractivity contribution in [2.24, 2.45) is 4.99 Å². The van der Waals surface area contributed by atoms with Crippen molar-refractivity contribution in [1.82, 2.24) is 25.1 Å². The van der Waals surface area contributed by atoms with Gasteiger partial charge in [-0.25, -0.2) is 0 Å². The number of aryl methyl sites for hydroxylation is 1. The Bertz CT molecular complexity index is 1810. The number of halogens is 1. The number of rotatable bonds is 7. The van der Waals surface area contributed by atoms with Gasteiger partial charge < -0.3 is 25.3 Å². The van der Waals surface area contributed by atoms with Crippen LogP contribution in [-0.4, -0.2) is 55.2 Å². The molecule has 1 aliphatic heterocycles. The third-order valence-corrected chi connectivity index (χ3v) is 7.41. The summed E-state index contributed by atoms with van der Waals surface area (Å²) in [5.41, 5.74) is 4.73. The van der Waals surface area contributed by atoms with Crippen LogP contribution in [-0.2, 0) is 11.2 Å². The van der Waals surface area contributed by atoms with E-state index < -0.39 is 6.04 Å². The van der Waals surface area contributed by atoms with Crippen LogP contribution in [0.5, 0.6) is 17.2 Å². The molecule has 0 aliphatic carbocycles. The molecule has 1 amide bonds. The Morgan fingerprint density at radius 2 is 1.90 bits per heavy atom. The second-order valence-corrected chi connectivity index (χ2v) is 10.3. The maximum Gasteiger partial charge on any atom is 0.222 e. The van der Waals surface area contributed by atoms with Gasteiger partial charge in [0, 0.05) is 45.7 Å². The molecule has 0 fully saturated rings. The molecule has 1 aliphatic rings. The first-order valence-electron chi connectivity index (χ1n) is 13.1. The van der Waals surface area contributed by atoms with Gasteiger partial charge in [0.05, 0.1) is 24.9 Å². The van der Waals surface area contributed by atoms with Gasteiger partial charge in [-0.2, -0.15) is 0 Å². The largest absolute Gasteiger partial charge is 0.504 e. The number of aromatic amines is 1. The number of carbonyl (C=O) groups excluding carboxylic acids is 1. The van der Waals surface area contributed by atoms with E-state index in [9.17, 15) is 15.0 Å². The molecule has 0 spiro atoms. The van der Waals surface area contributed by atoms with Crippen LogP contribution in [0.4, 0.5) is 0 Å². The molecule has 3 aromatic carbocycles. The first kappa shape index (κ1) is 26.4. The van der Waals surface area contributed by atoms with E-state index in [1.807, 2.05) is 54.0 Å². The number of benzene rings is 3. The second-order valence-electron chi connectivity index (χ2n) is 9.82. The highest BCUT2D eigenvalue weighted by Gasteiger charge is 2.30. The normalized spacial score (nSPS) is 14.2. The molecule has 11 heteroatoms. The summed E-state index contributed by atoms with van der Waals surface area (Å²) < 4.78 is 7.45. The molecule has 4 N–H and O–H groups in total. The molecular weight excluding hydrogens is 544 g/mol. The number of aromatic nitrogens is 4. The molecule has 2 aromatic heterocycles. The van der Waals surface area contributed by atoms with E-state index in [0.29, 0.717) is 52.0 Å². The first-order valence-corrected chi connectivity index (χ1v) is 13.4. The summed E-state index contributed by atoms with van der Waals surface area (Å²) in [7, 11) is 1.61. The summed E-state index contributed by atoms with van der Waals surface area (Å²) in [6, 6.07) is 17.4. The highest BCUT2D eigenvalue weighted by atomic mass is 35.5. The van der Waals surface area contributed by atoms with Crippen molar-refractivity contribution >= 4 is 34.1 Å². The summed E-state index contributed by atoms with van der Waals surface area (Å²) in [4.78, 5) is 21.5. The van der Waals surface area contributed by atoms with Crippen LogP contribution in [0.3, 0.4) is 0 Å². The maximum atomic E-state index is 13.2. The average molecular weight is 571 g/mol. The Kier molecular flexibility index (Phi) is 6.84. The fourth-order valence-electron chi connectivity index (χ4n) is 5.13. The third kappa shape index (κ3) is 4.98. The van der Waals surface area contributed by atoms with E-state index in [1.165, 1.54) is 6.07 Å². The van der Waals surface area contributed by atoms with Crippen LogP contribution in [0, 0.1) is 6.92 Å². The number of phenolic OH excluding ortho intramolecular Hbond substituents is 2. The minimum atomic E-state index is -0.603. The smallest absolute Gasteiger partial charge is 0.222 e. The molecule has 1 unspecified atom stereocenters. The van der Waals surface area contributed by atoms with Gasteiger partial charge in [-0.1, -0.05) is 23.7 Å². The van der Waals surface area contributed by atoms with E-state index >= 15 is 0 Å². The van der Waals surface area contributed by atoms with E-state index in [2.05, 4.69) is 20.5 Å². The standard InChI is InChI=1S/C30H27ClN6O4/c1-16-35-36-30-24(15-27(39)32-12-11-19-13-21-23(33-19)8-10-26(38)29(21)40)34-28(17-3-5-18(31)6-4-17)22-14-20(41-2)7-9-25(22)37(16)30/h3-10,13-14,24,33,38,40H,11-12,15H2,1-2H3,(H,32,39). The third-order valence-electron chi connectivity index (χ3n) is 7.16. The topological polar surface area (TPSA) is 138 Å².